The molecule has 3 rings (SSSR count). The molecule has 0 aliphatic heterocycles. The van der Waals surface area contributed by atoms with E-state index >= 15 is 0 Å². The number of nitrogens with zero attached hydrogens (tertiary/aromatic N) is 3. The van der Waals surface area contributed by atoms with Gasteiger partial charge in [-0.2, -0.15) is 4.98 Å². The summed E-state index contributed by atoms with van der Waals surface area (Å²) < 4.78 is 5.19. The van der Waals surface area contributed by atoms with Crippen LogP contribution in [0.5, 0.6) is 0 Å². The van der Waals surface area contributed by atoms with Gasteiger partial charge >= 0.3 is 0 Å². The minimum atomic E-state index is 0.513. The first kappa shape index (κ1) is 10.6. The van der Waals surface area contributed by atoms with Crippen molar-refractivity contribution in [2.45, 2.75) is 29.4 Å². The van der Waals surface area contributed by atoms with Gasteiger partial charge in [-0.1, -0.05) is 5.16 Å². The van der Waals surface area contributed by atoms with Crippen molar-refractivity contribution < 1.29 is 4.52 Å². The monoisotopic (exact) mass is 248 g/mol. The molecular formula is C11H12N4OS. The van der Waals surface area contributed by atoms with E-state index in [2.05, 4.69) is 15.1 Å². The number of thioether (sulfide) groups is 1. The van der Waals surface area contributed by atoms with Crippen LogP contribution < -0.4 is 5.73 Å². The van der Waals surface area contributed by atoms with Crippen molar-refractivity contribution in [1.29, 1.82) is 0 Å². The first-order chi connectivity index (χ1) is 8.31. The van der Waals surface area contributed by atoms with Crippen LogP contribution in [-0.2, 0) is 5.75 Å². The first-order valence-corrected chi connectivity index (χ1v) is 6.46. The van der Waals surface area contributed by atoms with Crippen molar-refractivity contribution in [2.24, 2.45) is 0 Å². The molecule has 5 nitrogen and oxygen atoms in total. The largest absolute Gasteiger partial charge is 0.384 e. The summed E-state index contributed by atoms with van der Waals surface area (Å²) in [4.78, 5) is 9.44. The van der Waals surface area contributed by atoms with Crippen molar-refractivity contribution in [3.63, 3.8) is 0 Å². The fourth-order valence-corrected chi connectivity index (χ4v) is 2.15. The second-order valence-corrected chi connectivity index (χ2v) is 5.08. The number of nitrogen functional groups attached to an aromatic ring is 1. The van der Waals surface area contributed by atoms with Crippen molar-refractivity contribution >= 4 is 17.6 Å². The van der Waals surface area contributed by atoms with E-state index in [0.29, 0.717) is 17.5 Å². The Balaban J connectivity index is 1.60. The fraction of sp³-hybridized carbons (Fsp3) is 0.364. The highest BCUT2D eigenvalue weighted by atomic mass is 32.2. The molecule has 2 heterocycles. The third kappa shape index (κ3) is 2.58. The van der Waals surface area contributed by atoms with E-state index in [-0.39, 0.29) is 0 Å². The van der Waals surface area contributed by atoms with Crippen LogP contribution in [0.15, 0.2) is 27.7 Å². The topological polar surface area (TPSA) is 77.8 Å². The Kier molecular flexibility index (Phi) is 2.72. The highest BCUT2D eigenvalue weighted by molar-refractivity contribution is 7.98. The molecule has 17 heavy (non-hydrogen) atoms. The Morgan fingerprint density at radius 2 is 2.29 bits per heavy atom. The van der Waals surface area contributed by atoms with Gasteiger partial charge in [0.25, 0.3) is 0 Å². The number of rotatable bonds is 4. The van der Waals surface area contributed by atoms with Crippen LogP contribution >= 0.6 is 11.8 Å². The first-order valence-electron chi connectivity index (χ1n) is 5.48. The normalized spacial score (nSPS) is 15.1. The number of hydrogen-bond donors (Lipinski definition) is 1. The maximum Gasteiger partial charge on any atom is 0.229 e. The smallest absolute Gasteiger partial charge is 0.229 e. The molecule has 6 heteroatoms. The quantitative estimate of drug-likeness (QED) is 0.836. The molecule has 88 valence electrons. The minimum Gasteiger partial charge on any atom is -0.384 e. The zero-order valence-electron chi connectivity index (χ0n) is 9.17. The molecule has 1 aliphatic rings. The van der Waals surface area contributed by atoms with Crippen LogP contribution in [0.3, 0.4) is 0 Å². The molecule has 0 aromatic carbocycles. The molecule has 1 aliphatic carbocycles. The highest BCUT2D eigenvalue weighted by Crippen LogP contribution is 2.39. The van der Waals surface area contributed by atoms with Crippen LogP contribution in [0, 0.1) is 0 Å². The van der Waals surface area contributed by atoms with E-state index in [0.717, 1.165) is 16.6 Å². The third-order valence-corrected chi connectivity index (χ3v) is 3.51. The number of aromatic nitrogens is 3. The Morgan fingerprint density at radius 3 is 3.00 bits per heavy atom. The Morgan fingerprint density at radius 1 is 1.41 bits per heavy atom. The van der Waals surface area contributed by atoms with Crippen molar-refractivity contribution in [3.05, 3.63) is 30.0 Å². The summed E-state index contributed by atoms with van der Waals surface area (Å²) >= 11 is 1.62. The van der Waals surface area contributed by atoms with E-state index in [4.69, 9.17) is 10.3 Å². The van der Waals surface area contributed by atoms with Crippen LogP contribution in [0.1, 0.15) is 30.5 Å². The zero-order valence-corrected chi connectivity index (χ0v) is 9.98. The van der Waals surface area contributed by atoms with Crippen LogP contribution in [0.4, 0.5) is 5.82 Å². The third-order valence-electron chi connectivity index (χ3n) is 2.54. The lowest BCUT2D eigenvalue weighted by atomic mass is 10.4. The van der Waals surface area contributed by atoms with E-state index in [1.807, 2.05) is 6.07 Å². The van der Waals surface area contributed by atoms with Gasteiger partial charge in [-0.15, -0.1) is 11.8 Å². The number of nitrogens with two attached hydrogens (primary N) is 1. The predicted octanol–water partition coefficient (Wildman–Crippen LogP) is 2.22. The van der Waals surface area contributed by atoms with Crippen molar-refractivity contribution in [3.8, 4) is 0 Å². The van der Waals surface area contributed by atoms with Gasteiger partial charge < -0.3 is 10.3 Å². The van der Waals surface area contributed by atoms with Gasteiger partial charge in [-0.05, 0) is 25.0 Å². The molecule has 0 saturated heterocycles. The van der Waals surface area contributed by atoms with Gasteiger partial charge in [0.05, 0.1) is 5.75 Å². The maximum atomic E-state index is 5.52. The van der Waals surface area contributed by atoms with Gasteiger partial charge in [-0.3, -0.25) is 0 Å². The van der Waals surface area contributed by atoms with Gasteiger partial charge in [0, 0.05) is 17.0 Å². The number of pyridine rings is 1. The molecule has 0 atom stereocenters. The molecule has 2 aromatic heterocycles. The number of anilines is 1. The molecular weight excluding hydrogens is 236 g/mol. The molecule has 0 bridgehead atoms. The molecule has 1 fully saturated rings. The van der Waals surface area contributed by atoms with Gasteiger partial charge in [0.1, 0.15) is 5.82 Å². The van der Waals surface area contributed by atoms with E-state index in [1.54, 1.807) is 24.0 Å². The maximum absolute atomic E-state index is 5.52. The molecule has 0 unspecified atom stereocenters. The predicted molar refractivity (Wildman–Crippen MR) is 64.5 cm³/mol. The van der Waals surface area contributed by atoms with Gasteiger partial charge in [0.15, 0.2) is 5.82 Å². The summed E-state index contributed by atoms with van der Waals surface area (Å²) in [5.74, 6) is 3.27. The van der Waals surface area contributed by atoms with Crippen molar-refractivity contribution in [1.82, 2.24) is 15.1 Å². The lowest BCUT2D eigenvalue weighted by Gasteiger charge is -1.97. The summed E-state index contributed by atoms with van der Waals surface area (Å²) in [7, 11) is 0. The van der Waals surface area contributed by atoms with E-state index in [1.165, 1.54) is 12.8 Å². The SMILES string of the molecule is Nc1ccc(SCc2noc(C3CC3)n2)cn1. The van der Waals surface area contributed by atoms with Crippen LogP contribution in [-0.4, -0.2) is 15.1 Å². The summed E-state index contributed by atoms with van der Waals surface area (Å²) in [5.41, 5.74) is 5.52. The standard InChI is InChI=1S/C11H12N4OS/c12-9-4-3-8(5-13-9)17-6-10-14-11(16-15-10)7-1-2-7/h3-5,7H,1-2,6H2,(H2,12,13). The minimum absolute atomic E-state index is 0.513. The van der Waals surface area contributed by atoms with Crippen molar-refractivity contribution in [2.75, 3.05) is 5.73 Å². The van der Waals surface area contributed by atoms with Crippen LogP contribution in [0.25, 0.3) is 0 Å². The second-order valence-electron chi connectivity index (χ2n) is 4.03. The average molecular weight is 248 g/mol. The lowest BCUT2D eigenvalue weighted by molar-refractivity contribution is 0.375. The average Bonchev–Trinajstić information content (AvgIpc) is 3.09. The Bertz CT molecular complexity index is 506. The lowest BCUT2D eigenvalue weighted by Crippen LogP contribution is -1.89. The zero-order chi connectivity index (χ0) is 11.7. The highest BCUT2D eigenvalue weighted by Gasteiger charge is 2.29. The van der Waals surface area contributed by atoms with Gasteiger partial charge in [0.2, 0.25) is 5.89 Å². The summed E-state index contributed by atoms with van der Waals surface area (Å²) in [6, 6.07) is 3.73. The summed E-state index contributed by atoms with van der Waals surface area (Å²) in [6.07, 6.45) is 4.11. The molecule has 0 radical (unpaired) electrons. The summed E-state index contributed by atoms with van der Waals surface area (Å²) in [5, 5.41) is 3.96. The van der Waals surface area contributed by atoms with Crippen LogP contribution in [0.2, 0.25) is 0 Å². The summed E-state index contributed by atoms with van der Waals surface area (Å²) in [6.45, 7) is 0. The van der Waals surface area contributed by atoms with E-state index in [9.17, 15) is 0 Å². The Labute approximate surface area is 103 Å². The molecule has 2 aromatic rings. The number of hydrogen-bond acceptors (Lipinski definition) is 6. The molecule has 0 amide bonds. The molecule has 0 spiro atoms. The van der Waals surface area contributed by atoms with Gasteiger partial charge in [-0.25, -0.2) is 4.98 Å². The molecule has 2 N–H and O–H groups in total. The second kappa shape index (κ2) is 4.37. The fourth-order valence-electron chi connectivity index (χ4n) is 1.45. The molecule has 1 saturated carbocycles. The Hall–Kier alpha value is -1.56. The van der Waals surface area contributed by atoms with E-state index < -0.39 is 0 Å².